The summed E-state index contributed by atoms with van der Waals surface area (Å²) in [5, 5.41) is 4.24. The summed E-state index contributed by atoms with van der Waals surface area (Å²) in [5.41, 5.74) is 7.23. The summed E-state index contributed by atoms with van der Waals surface area (Å²) in [5.74, 6) is -1.76. The number of aryl methyl sites for hydroxylation is 1. The van der Waals surface area contributed by atoms with Gasteiger partial charge in [-0.15, -0.1) is 11.3 Å². The lowest BCUT2D eigenvalue weighted by Gasteiger charge is -2.10. The van der Waals surface area contributed by atoms with Crippen molar-refractivity contribution in [3.05, 3.63) is 64.2 Å². The summed E-state index contributed by atoms with van der Waals surface area (Å²) in [7, 11) is 0. The third kappa shape index (κ3) is 4.49. The highest BCUT2D eigenvalue weighted by atomic mass is 32.1. The number of rotatable bonds is 4. The smallest absolute Gasteiger partial charge is 0.289 e. The fourth-order valence-corrected chi connectivity index (χ4v) is 3.55. The summed E-state index contributed by atoms with van der Waals surface area (Å²) < 4.78 is 15.0. The Morgan fingerprint density at radius 3 is 2.38 bits per heavy atom. The molecule has 0 fully saturated rings. The van der Waals surface area contributed by atoms with E-state index in [0.717, 1.165) is 22.7 Å². The Bertz CT molecular complexity index is 1090. The van der Waals surface area contributed by atoms with Gasteiger partial charge in [0.05, 0.1) is 5.56 Å². The molecule has 0 spiro atoms. The minimum Gasteiger partial charge on any atom is -0.318 e. The van der Waals surface area contributed by atoms with E-state index in [1.807, 2.05) is 11.5 Å². The minimum atomic E-state index is -0.612. The number of anilines is 1. The molecule has 150 valence electrons. The number of thiazole rings is 1. The first-order valence-electron chi connectivity index (χ1n) is 8.55. The van der Waals surface area contributed by atoms with Crippen LogP contribution in [0.15, 0.2) is 35.7 Å². The molecular weight excluding hydrogens is 397 g/mol. The second kappa shape index (κ2) is 8.23. The van der Waals surface area contributed by atoms with Crippen LogP contribution >= 0.6 is 11.3 Å². The Morgan fingerprint density at radius 2 is 1.72 bits per heavy atom. The molecule has 3 aromatic rings. The standard InChI is InChI=1S/C19H18FN5O3S/c1-10-8-15(11(2)25(10)14-6-4-13(20)5-7-14)17(27)23-24-18(28)16-9-29-19(22-16)21-12(3)26/h4-9H,1-3H3,(H,23,27)(H,24,28)(H,21,22,26). The van der Waals surface area contributed by atoms with E-state index in [2.05, 4.69) is 21.2 Å². The van der Waals surface area contributed by atoms with Crippen molar-refractivity contribution in [2.45, 2.75) is 20.8 Å². The highest BCUT2D eigenvalue weighted by molar-refractivity contribution is 7.14. The van der Waals surface area contributed by atoms with Crippen LogP contribution in [0.25, 0.3) is 5.69 Å². The number of carbonyl (C=O) groups excluding carboxylic acids is 3. The summed E-state index contributed by atoms with van der Waals surface area (Å²) in [6.45, 7) is 4.92. The molecule has 3 rings (SSSR count). The second-order valence-electron chi connectivity index (χ2n) is 6.22. The molecule has 2 aromatic heterocycles. The van der Waals surface area contributed by atoms with Crippen LogP contribution in [0.4, 0.5) is 9.52 Å². The van der Waals surface area contributed by atoms with E-state index in [1.54, 1.807) is 25.1 Å². The molecule has 2 heterocycles. The van der Waals surface area contributed by atoms with Crippen LogP contribution in [0.1, 0.15) is 39.2 Å². The maximum Gasteiger partial charge on any atom is 0.289 e. The van der Waals surface area contributed by atoms with Crippen LogP contribution in [0, 0.1) is 19.7 Å². The van der Waals surface area contributed by atoms with Gasteiger partial charge in [-0.2, -0.15) is 0 Å². The van der Waals surface area contributed by atoms with Crippen molar-refractivity contribution < 1.29 is 18.8 Å². The number of hydrazine groups is 1. The fraction of sp³-hybridized carbons (Fsp3) is 0.158. The van der Waals surface area contributed by atoms with Crippen molar-refractivity contribution >= 4 is 34.2 Å². The van der Waals surface area contributed by atoms with Crippen molar-refractivity contribution in [3.8, 4) is 5.69 Å². The number of benzene rings is 1. The quantitative estimate of drug-likeness (QED) is 0.570. The zero-order valence-electron chi connectivity index (χ0n) is 15.9. The molecule has 29 heavy (non-hydrogen) atoms. The number of hydrogen-bond acceptors (Lipinski definition) is 5. The molecule has 8 nitrogen and oxygen atoms in total. The number of halogens is 1. The fourth-order valence-electron chi connectivity index (χ4n) is 2.81. The van der Waals surface area contributed by atoms with E-state index < -0.39 is 11.8 Å². The van der Waals surface area contributed by atoms with E-state index in [4.69, 9.17) is 0 Å². The summed E-state index contributed by atoms with van der Waals surface area (Å²) >= 11 is 1.10. The number of carbonyl (C=O) groups is 3. The average Bonchev–Trinajstić information content (AvgIpc) is 3.24. The number of aromatic nitrogens is 2. The van der Waals surface area contributed by atoms with Gasteiger partial charge in [-0.3, -0.25) is 25.2 Å². The number of nitrogens with zero attached hydrogens (tertiary/aromatic N) is 2. The Balaban J connectivity index is 1.70. The van der Waals surface area contributed by atoms with Crippen LogP contribution in [0.3, 0.4) is 0 Å². The first-order chi connectivity index (χ1) is 13.8. The van der Waals surface area contributed by atoms with Gasteiger partial charge < -0.3 is 9.88 Å². The van der Waals surface area contributed by atoms with Gasteiger partial charge in [-0.1, -0.05) is 0 Å². The molecule has 3 amide bonds. The average molecular weight is 415 g/mol. The van der Waals surface area contributed by atoms with Crippen LogP contribution < -0.4 is 16.2 Å². The van der Waals surface area contributed by atoms with E-state index in [-0.39, 0.29) is 22.5 Å². The van der Waals surface area contributed by atoms with Gasteiger partial charge in [0.15, 0.2) is 5.13 Å². The van der Waals surface area contributed by atoms with E-state index >= 15 is 0 Å². The highest BCUT2D eigenvalue weighted by Crippen LogP contribution is 2.21. The predicted molar refractivity (Wildman–Crippen MR) is 107 cm³/mol. The third-order valence-electron chi connectivity index (χ3n) is 4.07. The number of nitrogens with one attached hydrogen (secondary N) is 3. The maximum absolute atomic E-state index is 13.2. The van der Waals surface area contributed by atoms with Crippen molar-refractivity contribution in [2.24, 2.45) is 0 Å². The molecule has 0 bridgehead atoms. The van der Waals surface area contributed by atoms with Gasteiger partial charge in [0.1, 0.15) is 11.5 Å². The minimum absolute atomic E-state index is 0.0656. The number of hydrogen-bond donors (Lipinski definition) is 3. The zero-order valence-corrected chi connectivity index (χ0v) is 16.7. The first kappa shape index (κ1) is 20.2. The Labute approximate surface area is 169 Å². The largest absolute Gasteiger partial charge is 0.318 e. The molecule has 0 saturated heterocycles. The molecule has 0 aliphatic rings. The predicted octanol–water partition coefficient (Wildman–Crippen LogP) is 2.72. The lowest BCUT2D eigenvalue weighted by atomic mass is 10.2. The van der Waals surface area contributed by atoms with Gasteiger partial charge in [0, 0.05) is 29.4 Å². The van der Waals surface area contributed by atoms with Crippen LogP contribution in [-0.2, 0) is 4.79 Å². The molecule has 0 atom stereocenters. The number of amides is 3. The molecule has 0 aliphatic carbocycles. The second-order valence-corrected chi connectivity index (χ2v) is 7.08. The van der Waals surface area contributed by atoms with Crippen LogP contribution in [0.2, 0.25) is 0 Å². The molecule has 3 N–H and O–H groups in total. The van der Waals surface area contributed by atoms with Gasteiger partial charge >= 0.3 is 0 Å². The molecule has 0 aliphatic heterocycles. The molecule has 0 saturated carbocycles. The van der Waals surface area contributed by atoms with E-state index in [0.29, 0.717) is 11.3 Å². The maximum atomic E-state index is 13.2. The summed E-state index contributed by atoms with van der Waals surface area (Å²) in [4.78, 5) is 39.7. The lowest BCUT2D eigenvalue weighted by molar-refractivity contribution is -0.114. The highest BCUT2D eigenvalue weighted by Gasteiger charge is 2.18. The topological polar surface area (TPSA) is 105 Å². The van der Waals surface area contributed by atoms with Gasteiger partial charge in [0.2, 0.25) is 5.91 Å². The van der Waals surface area contributed by atoms with Crippen molar-refractivity contribution in [3.63, 3.8) is 0 Å². The monoisotopic (exact) mass is 415 g/mol. The molecule has 0 unspecified atom stereocenters. The Morgan fingerprint density at radius 1 is 1.07 bits per heavy atom. The van der Waals surface area contributed by atoms with E-state index in [9.17, 15) is 18.8 Å². The molecular formula is C19H18FN5O3S. The van der Waals surface area contributed by atoms with Crippen LogP contribution in [0.5, 0.6) is 0 Å². The Kier molecular flexibility index (Phi) is 5.74. The van der Waals surface area contributed by atoms with E-state index in [1.165, 1.54) is 24.4 Å². The third-order valence-corrected chi connectivity index (χ3v) is 4.83. The van der Waals surface area contributed by atoms with Crippen molar-refractivity contribution in [2.75, 3.05) is 5.32 Å². The lowest BCUT2D eigenvalue weighted by Crippen LogP contribution is -2.41. The van der Waals surface area contributed by atoms with Gasteiger partial charge in [-0.05, 0) is 44.2 Å². The molecule has 10 heteroatoms. The summed E-state index contributed by atoms with van der Waals surface area (Å²) in [6.07, 6.45) is 0. The first-order valence-corrected chi connectivity index (χ1v) is 9.43. The van der Waals surface area contributed by atoms with Crippen molar-refractivity contribution in [1.29, 1.82) is 0 Å². The van der Waals surface area contributed by atoms with Gasteiger partial charge in [0.25, 0.3) is 11.8 Å². The summed E-state index contributed by atoms with van der Waals surface area (Å²) in [6, 6.07) is 7.60. The Hall–Kier alpha value is -3.53. The zero-order chi connectivity index (χ0) is 21.1. The van der Waals surface area contributed by atoms with Crippen molar-refractivity contribution in [1.82, 2.24) is 20.4 Å². The molecule has 0 radical (unpaired) electrons. The normalized spacial score (nSPS) is 10.5. The van der Waals surface area contributed by atoms with Gasteiger partial charge in [-0.25, -0.2) is 9.37 Å². The SMILES string of the molecule is CC(=O)Nc1nc(C(=O)NNC(=O)c2cc(C)n(-c3ccc(F)cc3)c2C)cs1. The molecule has 1 aromatic carbocycles. The van der Waals surface area contributed by atoms with Crippen LogP contribution in [-0.4, -0.2) is 27.3 Å².